The molecular weight excluding hydrogens is 358 g/mol. The van der Waals surface area contributed by atoms with Crippen LogP contribution in [0.15, 0.2) is 91.0 Å². The lowest BCUT2D eigenvalue weighted by molar-refractivity contribution is -0.148. The van der Waals surface area contributed by atoms with Crippen molar-refractivity contribution in [3.05, 3.63) is 108 Å². The number of methoxy groups -OCH3 is 1. The smallest absolute Gasteiger partial charge is 0.310 e. The average molecular weight is 388 g/mol. The Morgan fingerprint density at radius 1 is 0.793 bits per heavy atom. The van der Waals surface area contributed by atoms with Crippen LogP contribution >= 0.6 is 0 Å². The van der Waals surface area contributed by atoms with Gasteiger partial charge < -0.3 is 4.74 Å². The SMILES string of the molecule is COC(=O)[C@H](C)[C@@H](c1ccccc1)N(Cc1ccccc1)[C@H](C)c1ccccc1. The number of esters is 1. The maximum atomic E-state index is 12.6. The van der Waals surface area contributed by atoms with Gasteiger partial charge in [0.05, 0.1) is 13.0 Å². The fraction of sp³-hybridized carbons (Fsp3) is 0.269. The highest BCUT2D eigenvalue weighted by atomic mass is 16.5. The minimum absolute atomic E-state index is 0.112. The summed E-state index contributed by atoms with van der Waals surface area (Å²) in [6, 6.07) is 31.1. The predicted molar refractivity (Wildman–Crippen MR) is 117 cm³/mol. The van der Waals surface area contributed by atoms with Crippen LogP contribution in [0.25, 0.3) is 0 Å². The molecule has 0 aromatic heterocycles. The quantitative estimate of drug-likeness (QED) is 0.458. The van der Waals surface area contributed by atoms with Crippen LogP contribution in [0.2, 0.25) is 0 Å². The number of carbonyl (C=O) groups is 1. The fourth-order valence-corrected chi connectivity index (χ4v) is 3.93. The van der Waals surface area contributed by atoms with Gasteiger partial charge >= 0.3 is 5.97 Å². The summed E-state index contributed by atoms with van der Waals surface area (Å²) in [5, 5.41) is 0. The molecule has 0 N–H and O–H groups in total. The standard InChI is InChI=1S/C26H29NO2/c1-20(26(28)29-3)25(24-17-11-6-12-18-24)27(19-22-13-7-4-8-14-22)21(2)23-15-9-5-10-16-23/h4-18,20-21,25H,19H2,1-3H3/t20-,21-,25+/m1/s1. The van der Waals surface area contributed by atoms with Gasteiger partial charge in [0, 0.05) is 18.6 Å². The molecule has 3 heteroatoms. The molecule has 0 spiro atoms. The zero-order chi connectivity index (χ0) is 20.6. The highest BCUT2D eigenvalue weighted by molar-refractivity contribution is 5.73. The number of nitrogens with zero attached hydrogens (tertiary/aromatic N) is 1. The summed E-state index contributed by atoms with van der Waals surface area (Å²) in [6.07, 6.45) is 0. The Bertz CT molecular complexity index is 880. The Labute approximate surface area is 174 Å². The van der Waals surface area contributed by atoms with Gasteiger partial charge in [0.15, 0.2) is 0 Å². The molecule has 0 saturated heterocycles. The van der Waals surface area contributed by atoms with Gasteiger partial charge in [-0.25, -0.2) is 0 Å². The molecule has 3 rings (SSSR count). The summed E-state index contributed by atoms with van der Waals surface area (Å²) in [4.78, 5) is 15.0. The molecule has 3 aromatic carbocycles. The lowest BCUT2D eigenvalue weighted by Crippen LogP contribution is -2.37. The van der Waals surface area contributed by atoms with Crippen molar-refractivity contribution in [3.63, 3.8) is 0 Å². The van der Waals surface area contributed by atoms with Crippen LogP contribution in [-0.2, 0) is 16.1 Å². The number of hydrogen-bond donors (Lipinski definition) is 0. The second-order valence-electron chi connectivity index (χ2n) is 7.41. The molecule has 150 valence electrons. The zero-order valence-electron chi connectivity index (χ0n) is 17.4. The lowest BCUT2D eigenvalue weighted by Gasteiger charge is -2.39. The second-order valence-corrected chi connectivity index (χ2v) is 7.41. The van der Waals surface area contributed by atoms with E-state index in [0.717, 1.165) is 12.1 Å². The Balaban J connectivity index is 2.07. The van der Waals surface area contributed by atoms with Crippen molar-refractivity contribution in [1.29, 1.82) is 0 Å². The highest BCUT2D eigenvalue weighted by Crippen LogP contribution is 2.37. The molecule has 0 bridgehead atoms. The van der Waals surface area contributed by atoms with Crippen molar-refractivity contribution in [3.8, 4) is 0 Å². The van der Waals surface area contributed by atoms with Crippen molar-refractivity contribution in [2.45, 2.75) is 32.5 Å². The van der Waals surface area contributed by atoms with E-state index in [1.807, 2.05) is 37.3 Å². The second kappa shape index (κ2) is 10.0. The predicted octanol–water partition coefficient (Wildman–Crippen LogP) is 5.80. The van der Waals surface area contributed by atoms with E-state index in [2.05, 4.69) is 72.5 Å². The molecule has 0 aliphatic heterocycles. The van der Waals surface area contributed by atoms with Crippen molar-refractivity contribution in [1.82, 2.24) is 4.90 Å². The maximum absolute atomic E-state index is 12.6. The molecule has 3 nitrogen and oxygen atoms in total. The molecular formula is C26H29NO2. The van der Waals surface area contributed by atoms with E-state index in [9.17, 15) is 4.79 Å². The first kappa shape index (κ1) is 20.8. The summed E-state index contributed by atoms with van der Waals surface area (Å²) in [5.74, 6) is -0.505. The van der Waals surface area contributed by atoms with Gasteiger partial charge in [-0.05, 0) is 23.6 Å². The van der Waals surface area contributed by atoms with Crippen LogP contribution < -0.4 is 0 Å². The summed E-state index contributed by atoms with van der Waals surface area (Å²) in [7, 11) is 1.46. The molecule has 0 radical (unpaired) electrons. The monoisotopic (exact) mass is 387 g/mol. The minimum atomic E-state index is -0.308. The van der Waals surface area contributed by atoms with Crippen LogP contribution in [0.3, 0.4) is 0 Å². The Morgan fingerprint density at radius 2 is 1.28 bits per heavy atom. The largest absolute Gasteiger partial charge is 0.469 e. The first-order valence-corrected chi connectivity index (χ1v) is 10.1. The van der Waals surface area contributed by atoms with Crippen molar-refractivity contribution in [2.75, 3.05) is 7.11 Å². The number of rotatable bonds is 8. The molecule has 0 fully saturated rings. The molecule has 0 saturated carbocycles. The van der Waals surface area contributed by atoms with E-state index in [0.29, 0.717) is 0 Å². The van der Waals surface area contributed by atoms with Crippen LogP contribution in [0.5, 0.6) is 0 Å². The number of carbonyl (C=O) groups excluding carboxylic acids is 1. The first-order chi connectivity index (χ1) is 14.1. The van der Waals surface area contributed by atoms with Gasteiger partial charge in [0.1, 0.15) is 0 Å². The van der Waals surface area contributed by atoms with E-state index in [-0.39, 0.29) is 24.0 Å². The van der Waals surface area contributed by atoms with E-state index >= 15 is 0 Å². The third-order valence-electron chi connectivity index (χ3n) is 5.53. The molecule has 3 aromatic rings. The van der Waals surface area contributed by atoms with Gasteiger partial charge in [-0.2, -0.15) is 0 Å². The third kappa shape index (κ3) is 5.12. The van der Waals surface area contributed by atoms with Crippen molar-refractivity contribution < 1.29 is 9.53 Å². The molecule has 29 heavy (non-hydrogen) atoms. The molecule has 0 heterocycles. The number of ether oxygens (including phenoxy) is 1. The van der Waals surface area contributed by atoms with Gasteiger partial charge in [0.2, 0.25) is 0 Å². The van der Waals surface area contributed by atoms with Gasteiger partial charge in [0.25, 0.3) is 0 Å². The van der Waals surface area contributed by atoms with Crippen LogP contribution in [0.1, 0.15) is 42.6 Å². The topological polar surface area (TPSA) is 29.5 Å². The Kier molecular flexibility index (Phi) is 7.20. The van der Waals surface area contributed by atoms with Crippen molar-refractivity contribution >= 4 is 5.97 Å². The van der Waals surface area contributed by atoms with Crippen LogP contribution in [0, 0.1) is 5.92 Å². The Morgan fingerprint density at radius 3 is 1.79 bits per heavy atom. The summed E-state index contributed by atoms with van der Waals surface area (Å²) < 4.78 is 5.13. The van der Waals surface area contributed by atoms with E-state index in [1.165, 1.54) is 18.2 Å². The number of benzene rings is 3. The number of hydrogen-bond acceptors (Lipinski definition) is 3. The molecule has 0 unspecified atom stereocenters. The lowest BCUT2D eigenvalue weighted by atomic mass is 9.90. The zero-order valence-corrected chi connectivity index (χ0v) is 17.4. The fourth-order valence-electron chi connectivity index (χ4n) is 3.93. The van der Waals surface area contributed by atoms with Gasteiger partial charge in [-0.3, -0.25) is 9.69 Å². The third-order valence-corrected chi connectivity index (χ3v) is 5.53. The average Bonchev–Trinajstić information content (AvgIpc) is 2.79. The van der Waals surface area contributed by atoms with Gasteiger partial charge in [-0.15, -0.1) is 0 Å². The summed E-state index contributed by atoms with van der Waals surface area (Å²) in [6.45, 7) is 4.90. The Hall–Kier alpha value is -2.91. The van der Waals surface area contributed by atoms with E-state index in [1.54, 1.807) is 0 Å². The molecule has 3 atom stereocenters. The summed E-state index contributed by atoms with van der Waals surface area (Å²) in [5.41, 5.74) is 3.55. The van der Waals surface area contributed by atoms with Crippen LogP contribution in [-0.4, -0.2) is 18.0 Å². The van der Waals surface area contributed by atoms with E-state index < -0.39 is 0 Å². The van der Waals surface area contributed by atoms with Crippen molar-refractivity contribution in [2.24, 2.45) is 5.92 Å². The first-order valence-electron chi connectivity index (χ1n) is 10.1. The molecule has 0 amide bonds. The minimum Gasteiger partial charge on any atom is -0.469 e. The maximum Gasteiger partial charge on any atom is 0.310 e. The highest BCUT2D eigenvalue weighted by Gasteiger charge is 2.34. The molecule has 0 aliphatic carbocycles. The molecule has 0 aliphatic rings. The van der Waals surface area contributed by atoms with Crippen LogP contribution in [0.4, 0.5) is 0 Å². The summed E-state index contributed by atoms with van der Waals surface area (Å²) >= 11 is 0. The van der Waals surface area contributed by atoms with E-state index in [4.69, 9.17) is 4.74 Å². The normalized spacial score (nSPS) is 14.2. The van der Waals surface area contributed by atoms with Gasteiger partial charge in [-0.1, -0.05) is 97.9 Å².